The molecule has 0 saturated carbocycles. The second-order valence-corrected chi connectivity index (χ2v) is 7.78. The summed E-state index contributed by atoms with van der Waals surface area (Å²) >= 11 is 0. The number of benzene rings is 2. The highest BCUT2D eigenvalue weighted by Crippen LogP contribution is 2.34. The van der Waals surface area contributed by atoms with Gasteiger partial charge in [0.2, 0.25) is 6.10 Å². The van der Waals surface area contributed by atoms with E-state index in [1.807, 2.05) is 37.3 Å². The summed E-state index contributed by atoms with van der Waals surface area (Å²) in [5.74, 6) is 2.06. The van der Waals surface area contributed by atoms with Crippen molar-refractivity contribution in [3.63, 3.8) is 0 Å². The molecule has 2 aromatic rings. The maximum atomic E-state index is 13.2. The van der Waals surface area contributed by atoms with Crippen LogP contribution in [0.15, 0.2) is 42.5 Å². The Morgan fingerprint density at radius 2 is 1.70 bits per heavy atom. The lowest BCUT2D eigenvalue weighted by atomic mass is 10.1. The van der Waals surface area contributed by atoms with Gasteiger partial charge in [-0.3, -0.25) is 9.59 Å². The number of amides is 2. The molecule has 8 nitrogen and oxygen atoms in total. The summed E-state index contributed by atoms with van der Waals surface area (Å²) in [5.41, 5.74) is 1.28. The van der Waals surface area contributed by atoms with Gasteiger partial charge in [-0.15, -0.1) is 0 Å². The molecule has 1 saturated heterocycles. The Labute approximate surface area is 193 Å². The van der Waals surface area contributed by atoms with Crippen LogP contribution in [0.4, 0.5) is 0 Å². The van der Waals surface area contributed by atoms with Gasteiger partial charge in [-0.25, -0.2) is 0 Å². The van der Waals surface area contributed by atoms with Gasteiger partial charge >= 0.3 is 0 Å². The first kappa shape index (κ1) is 22.5. The van der Waals surface area contributed by atoms with Crippen LogP contribution in [0.25, 0.3) is 6.08 Å². The molecular weight excluding hydrogens is 424 g/mol. The van der Waals surface area contributed by atoms with Crippen molar-refractivity contribution in [2.24, 2.45) is 0 Å². The fraction of sp³-hybridized carbons (Fsp3) is 0.360. The molecule has 174 valence electrons. The van der Waals surface area contributed by atoms with Gasteiger partial charge in [-0.05, 0) is 31.2 Å². The van der Waals surface area contributed by atoms with E-state index < -0.39 is 6.10 Å². The van der Waals surface area contributed by atoms with E-state index in [2.05, 4.69) is 0 Å². The molecule has 0 spiro atoms. The van der Waals surface area contributed by atoms with Crippen LogP contribution in [0, 0.1) is 0 Å². The van der Waals surface area contributed by atoms with Crippen LogP contribution in [-0.4, -0.2) is 74.7 Å². The number of rotatable bonds is 5. The van der Waals surface area contributed by atoms with Gasteiger partial charge in [0.25, 0.3) is 11.8 Å². The zero-order valence-electron chi connectivity index (χ0n) is 19.1. The average Bonchev–Trinajstić information content (AvgIpc) is 2.87. The maximum Gasteiger partial charge on any atom is 0.267 e. The third-order valence-electron chi connectivity index (χ3n) is 5.76. The Kier molecular flexibility index (Phi) is 6.72. The summed E-state index contributed by atoms with van der Waals surface area (Å²) < 4.78 is 22.4. The number of ether oxygens (including phenoxy) is 4. The summed E-state index contributed by atoms with van der Waals surface area (Å²) in [6.07, 6.45) is 3.07. The predicted molar refractivity (Wildman–Crippen MR) is 123 cm³/mol. The van der Waals surface area contributed by atoms with E-state index in [0.29, 0.717) is 54.7 Å². The van der Waals surface area contributed by atoms with Crippen LogP contribution in [0.1, 0.15) is 22.8 Å². The highest BCUT2D eigenvalue weighted by Gasteiger charge is 2.33. The summed E-state index contributed by atoms with van der Waals surface area (Å²) in [4.78, 5) is 29.6. The lowest BCUT2D eigenvalue weighted by Crippen LogP contribution is -2.55. The summed E-state index contributed by atoms with van der Waals surface area (Å²) in [6, 6.07) is 10.8. The van der Waals surface area contributed by atoms with Crippen molar-refractivity contribution in [3.05, 3.63) is 53.6 Å². The predicted octanol–water partition coefficient (Wildman–Crippen LogP) is 2.86. The number of allylic oxidation sites excluding steroid dienone is 1. The number of hydrogen-bond donors (Lipinski definition) is 0. The van der Waals surface area contributed by atoms with Crippen LogP contribution in [0.5, 0.6) is 23.0 Å². The first-order valence-corrected chi connectivity index (χ1v) is 10.9. The topological polar surface area (TPSA) is 77.5 Å². The minimum atomic E-state index is -0.684. The van der Waals surface area contributed by atoms with Crippen molar-refractivity contribution < 1.29 is 28.5 Å². The molecule has 1 fully saturated rings. The average molecular weight is 453 g/mol. The maximum absolute atomic E-state index is 13.2. The molecule has 0 bridgehead atoms. The van der Waals surface area contributed by atoms with Crippen LogP contribution >= 0.6 is 0 Å². The van der Waals surface area contributed by atoms with Gasteiger partial charge in [-0.2, -0.15) is 0 Å². The lowest BCUT2D eigenvalue weighted by Gasteiger charge is -2.37. The highest BCUT2D eigenvalue weighted by atomic mass is 16.6. The minimum Gasteiger partial charge on any atom is -0.493 e. The van der Waals surface area contributed by atoms with Crippen LogP contribution in [0.2, 0.25) is 0 Å². The molecule has 1 unspecified atom stereocenters. The molecule has 4 rings (SSSR count). The number of nitrogens with zero attached hydrogens (tertiary/aromatic N) is 2. The van der Waals surface area contributed by atoms with Gasteiger partial charge in [-0.1, -0.05) is 24.3 Å². The molecule has 2 amide bonds. The van der Waals surface area contributed by atoms with Crippen molar-refractivity contribution in [1.29, 1.82) is 0 Å². The zero-order valence-corrected chi connectivity index (χ0v) is 19.1. The van der Waals surface area contributed by atoms with E-state index in [9.17, 15) is 9.59 Å². The Hall–Kier alpha value is -3.68. The van der Waals surface area contributed by atoms with Gasteiger partial charge in [0, 0.05) is 37.3 Å². The second kappa shape index (κ2) is 9.85. The van der Waals surface area contributed by atoms with Gasteiger partial charge in [0.15, 0.2) is 23.0 Å². The number of para-hydroxylation sites is 2. The molecule has 0 aliphatic carbocycles. The van der Waals surface area contributed by atoms with E-state index in [0.717, 1.165) is 5.56 Å². The Morgan fingerprint density at radius 1 is 1.00 bits per heavy atom. The fourth-order valence-corrected chi connectivity index (χ4v) is 4.08. The number of hydrogen-bond acceptors (Lipinski definition) is 6. The molecule has 0 N–H and O–H groups in total. The standard InChI is InChI=1S/C25H28N2O6/c1-4-7-17-14-18(15-21(30-2)23(17)31-3)24(28)26-10-12-27(13-11-26)25(29)22-16-32-19-8-5-6-9-20(19)33-22/h4-9,14-15,22H,10-13,16H2,1-3H3/b7-4+. The lowest BCUT2D eigenvalue weighted by molar-refractivity contribution is -0.142. The van der Waals surface area contributed by atoms with Gasteiger partial charge in [0.1, 0.15) is 6.61 Å². The quantitative estimate of drug-likeness (QED) is 0.694. The molecule has 2 aliphatic rings. The molecule has 2 heterocycles. The number of fused-ring (bicyclic) bond motifs is 1. The summed E-state index contributed by atoms with van der Waals surface area (Å²) in [7, 11) is 3.12. The van der Waals surface area contributed by atoms with Crippen molar-refractivity contribution in [1.82, 2.24) is 9.80 Å². The summed E-state index contributed by atoms with van der Waals surface area (Å²) in [6.45, 7) is 3.80. The molecule has 0 aromatic heterocycles. The number of methoxy groups -OCH3 is 2. The minimum absolute atomic E-state index is 0.111. The van der Waals surface area contributed by atoms with Gasteiger partial charge < -0.3 is 28.7 Å². The summed E-state index contributed by atoms with van der Waals surface area (Å²) in [5, 5.41) is 0. The van der Waals surface area contributed by atoms with E-state index in [-0.39, 0.29) is 18.4 Å². The molecule has 1 atom stereocenters. The van der Waals surface area contributed by atoms with E-state index in [4.69, 9.17) is 18.9 Å². The zero-order chi connectivity index (χ0) is 23.4. The van der Waals surface area contributed by atoms with Crippen LogP contribution < -0.4 is 18.9 Å². The first-order chi connectivity index (χ1) is 16.0. The third-order valence-corrected chi connectivity index (χ3v) is 5.76. The molecule has 2 aromatic carbocycles. The van der Waals surface area contributed by atoms with Crippen molar-refractivity contribution in [2.45, 2.75) is 13.0 Å². The van der Waals surface area contributed by atoms with Crippen molar-refractivity contribution in [2.75, 3.05) is 47.0 Å². The number of piperazine rings is 1. The Bertz CT molecular complexity index is 1060. The first-order valence-electron chi connectivity index (χ1n) is 10.9. The van der Waals surface area contributed by atoms with E-state index >= 15 is 0 Å². The Morgan fingerprint density at radius 3 is 2.36 bits per heavy atom. The van der Waals surface area contributed by atoms with Crippen molar-refractivity contribution in [3.8, 4) is 23.0 Å². The Balaban J connectivity index is 1.41. The highest BCUT2D eigenvalue weighted by molar-refractivity contribution is 5.96. The molecular formula is C25H28N2O6. The largest absolute Gasteiger partial charge is 0.493 e. The smallest absolute Gasteiger partial charge is 0.267 e. The number of carbonyl (C=O) groups excluding carboxylic acids is 2. The molecule has 0 radical (unpaired) electrons. The molecule has 2 aliphatic heterocycles. The monoisotopic (exact) mass is 452 g/mol. The van der Waals surface area contributed by atoms with E-state index in [1.54, 1.807) is 42.2 Å². The normalized spacial score (nSPS) is 17.7. The third kappa shape index (κ3) is 4.60. The SMILES string of the molecule is C/C=C/c1cc(C(=O)N2CCN(C(=O)C3COc4ccccc4O3)CC2)cc(OC)c1OC. The van der Waals surface area contributed by atoms with Gasteiger partial charge in [0.05, 0.1) is 14.2 Å². The number of carbonyl (C=O) groups is 2. The van der Waals surface area contributed by atoms with Crippen LogP contribution in [0.3, 0.4) is 0 Å². The second-order valence-electron chi connectivity index (χ2n) is 7.78. The molecule has 33 heavy (non-hydrogen) atoms. The molecule has 8 heteroatoms. The van der Waals surface area contributed by atoms with Crippen LogP contribution in [-0.2, 0) is 4.79 Å². The van der Waals surface area contributed by atoms with Crippen molar-refractivity contribution >= 4 is 17.9 Å². The fourth-order valence-electron chi connectivity index (χ4n) is 4.08. The van der Waals surface area contributed by atoms with E-state index in [1.165, 1.54) is 0 Å².